The second kappa shape index (κ2) is 9.09. The lowest BCUT2D eigenvalue weighted by Crippen LogP contribution is -2.58. The molecule has 9 heteroatoms. The number of anilines is 2. The van der Waals surface area contributed by atoms with E-state index in [1.807, 2.05) is 11.4 Å². The molecule has 3 aromatic rings. The van der Waals surface area contributed by atoms with E-state index < -0.39 is 0 Å². The molecule has 0 radical (unpaired) electrons. The van der Waals surface area contributed by atoms with Crippen molar-refractivity contribution in [3.63, 3.8) is 0 Å². The molecule has 1 atom stereocenters. The number of benzene rings is 1. The molecule has 2 aromatic heterocycles. The fourth-order valence-electron chi connectivity index (χ4n) is 4.70. The molecule has 5 rings (SSSR count). The lowest BCUT2D eigenvalue weighted by molar-refractivity contribution is 0.227. The predicted molar refractivity (Wildman–Crippen MR) is 138 cm³/mol. The van der Waals surface area contributed by atoms with E-state index in [0.717, 1.165) is 66.0 Å². The quantitative estimate of drug-likeness (QED) is 0.416. The number of halogens is 1. The van der Waals surface area contributed by atoms with Crippen LogP contribution in [0.1, 0.15) is 25.0 Å². The molecule has 0 amide bonds. The number of fused-ring (bicyclic) bond motifs is 2. The zero-order valence-electron chi connectivity index (χ0n) is 18.3. The topological polar surface area (TPSA) is 56.3 Å². The number of piperazine rings is 1. The van der Waals surface area contributed by atoms with Gasteiger partial charge in [0.1, 0.15) is 0 Å². The number of rotatable bonds is 3. The van der Waals surface area contributed by atoms with Gasteiger partial charge in [-0.15, -0.1) is 11.3 Å². The molecule has 1 unspecified atom stereocenters. The zero-order chi connectivity index (χ0) is 22.2. The summed E-state index contributed by atoms with van der Waals surface area (Å²) in [5.41, 5.74) is 4.79. The van der Waals surface area contributed by atoms with Gasteiger partial charge in [-0.1, -0.05) is 26.0 Å². The second-order valence-electron chi connectivity index (χ2n) is 8.70. The van der Waals surface area contributed by atoms with E-state index in [-0.39, 0.29) is 6.04 Å². The molecule has 1 saturated heterocycles. The van der Waals surface area contributed by atoms with Crippen LogP contribution >= 0.6 is 35.2 Å². The van der Waals surface area contributed by atoms with Gasteiger partial charge in [-0.2, -0.15) is 4.98 Å². The molecule has 1 fully saturated rings. The van der Waals surface area contributed by atoms with Crippen molar-refractivity contribution in [3.8, 4) is 0 Å². The van der Waals surface area contributed by atoms with Crippen molar-refractivity contribution in [1.29, 1.82) is 0 Å². The van der Waals surface area contributed by atoms with E-state index in [9.17, 15) is 0 Å². The Hall–Kier alpha value is -2.00. The van der Waals surface area contributed by atoms with Crippen LogP contribution in [0.25, 0.3) is 10.2 Å². The minimum Gasteiger partial charge on any atom is -0.351 e. The molecule has 1 aromatic carbocycles. The van der Waals surface area contributed by atoms with E-state index in [2.05, 4.69) is 62.4 Å². The van der Waals surface area contributed by atoms with Crippen LogP contribution in [-0.4, -0.2) is 52.2 Å². The molecular formula is C23H27ClN6S2. The van der Waals surface area contributed by atoms with Gasteiger partial charge in [0.2, 0.25) is 5.28 Å². The lowest BCUT2D eigenvalue weighted by atomic mass is 9.98. The Labute approximate surface area is 203 Å². The third kappa shape index (κ3) is 4.17. The van der Waals surface area contributed by atoms with Gasteiger partial charge in [0.15, 0.2) is 10.9 Å². The Morgan fingerprint density at radius 3 is 3.00 bits per heavy atom. The van der Waals surface area contributed by atoms with Gasteiger partial charge in [-0.3, -0.25) is 0 Å². The van der Waals surface area contributed by atoms with Gasteiger partial charge >= 0.3 is 0 Å². The number of aromatic nitrogens is 2. The van der Waals surface area contributed by atoms with Gasteiger partial charge in [0.05, 0.1) is 16.3 Å². The van der Waals surface area contributed by atoms with Crippen molar-refractivity contribution < 1.29 is 0 Å². The summed E-state index contributed by atoms with van der Waals surface area (Å²) in [6.45, 7) is 8.95. The normalized spacial score (nSPS) is 18.8. The van der Waals surface area contributed by atoms with E-state index in [0.29, 0.717) is 11.2 Å². The largest absolute Gasteiger partial charge is 0.351 e. The van der Waals surface area contributed by atoms with Crippen molar-refractivity contribution in [1.82, 2.24) is 20.2 Å². The Morgan fingerprint density at radius 2 is 2.16 bits per heavy atom. The Balaban J connectivity index is 1.37. The third-order valence-corrected chi connectivity index (χ3v) is 7.79. The maximum absolute atomic E-state index is 6.24. The smallest absolute Gasteiger partial charge is 0.224 e. The fourth-order valence-corrected chi connectivity index (χ4v) is 6.05. The van der Waals surface area contributed by atoms with Crippen LogP contribution in [0.2, 0.25) is 5.28 Å². The van der Waals surface area contributed by atoms with Gasteiger partial charge in [0, 0.05) is 31.9 Å². The molecule has 0 bridgehead atoms. The van der Waals surface area contributed by atoms with Crippen LogP contribution in [0, 0.1) is 5.92 Å². The molecule has 2 aliphatic rings. The maximum Gasteiger partial charge on any atom is 0.224 e. The number of nitrogens with zero attached hydrogens (tertiary/aromatic N) is 4. The molecule has 0 saturated carbocycles. The summed E-state index contributed by atoms with van der Waals surface area (Å²) in [6.07, 6.45) is 1.02. The molecule has 2 aliphatic heterocycles. The molecular weight excluding hydrogens is 460 g/mol. The molecule has 0 spiro atoms. The molecule has 6 nitrogen and oxygen atoms in total. The number of thiophene rings is 1. The minimum atomic E-state index is 0.272. The minimum absolute atomic E-state index is 0.272. The summed E-state index contributed by atoms with van der Waals surface area (Å²) in [5, 5.41) is 10.2. The second-order valence-corrected chi connectivity index (χ2v) is 10.3. The Kier molecular flexibility index (Phi) is 6.20. The fraction of sp³-hybridized carbons (Fsp3) is 0.435. The molecule has 0 aliphatic carbocycles. The Bertz CT molecular complexity index is 1150. The monoisotopic (exact) mass is 486 g/mol. The SMILES string of the molecule is CC(C)C1CN(c2nc(Cl)nc3ccsc23)CCN1C(=S)Nc1cccc2c1CCNC2. The number of thiocarbonyl (C=S) groups is 1. The zero-order valence-corrected chi connectivity index (χ0v) is 20.7. The predicted octanol–water partition coefficient (Wildman–Crippen LogP) is 4.53. The maximum atomic E-state index is 6.24. The summed E-state index contributed by atoms with van der Waals surface area (Å²) >= 11 is 13.8. The highest BCUT2D eigenvalue weighted by atomic mass is 35.5. The van der Waals surface area contributed by atoms with Crippen LogP contribution in [0.3, 0.4) is 0 Å². The van der Waals surface area contributed by atoms with Crippen molar-refractivity contribution >= 4 is 62.0 Å². The molecule has 2 N–H and O–H groups in total. The van der Waals surface area contributed by atoms with Gasteiger partial charge in [-0.25, -0.2) is 4.98 Å². The summed E-state index contributed by atoms with van der Waals surface area (Å²) in [5.74, 6) is 1.37. The highest BCUT2D eigenvalue weighted by molar-refractivity contribution is 7.80. The van der Waals surface area contributed by atoms with Crippen molar-refractivity contribution in [3.05, 3.63) is 46.1 Å². The number of hydrogen-bond acceptors (Lipinski definition) is 6. The van der Waals surface area contributed by atoms with Gasteiger partial charge < -0.3 is 20.4 Å². The van der Waals surface area contributed by atoms with Crippen LogP contribution < -0.4 is 15.5 Å². The van der Waals surface area contributed by atoms with Gasteiger partial charge in [0.25, 0.3) is 0 Å². The molecule has 168 valence electrons. The van der Waals surface area contributed by atoms with Crippen LogP contribution in [0.5, 0.6) is 0 Å². The Morgan fingerprint density at radius 1 is 1.28 bits per heavy atom. The van der Waals surface area contributed by atoms with E-state index in [4.69, 9.17) is 23.8 Å². The lowest BCUT2D eigenvalue weighted by Gasteiger charge is -2.45. The standard InChI is InChI=1S/C23H27ClN6S2/c1-14(2)19-13-29(21-20-18(7-11-32-20)26-22(24)28-21)9-10-30(19)23(31)27-17-5-3-4-15-12-25-8-6-16(15)17/h3-5,7,11,14,19,25H,6,8-10,12-13H2,1-2H3,(H,27,31). The highest BCUT2D eigenvalue weighted by Gasteiger charge is 2.33. The van der Waals surface area contributed by atoms with E-state index >= 15 is 0 Å². The van der Waals surface area contributed by atoms with Crippen LogP contribution in [-0.2, 0) is 13.0 Å². The number of nitrogens with one attached hydrogen (secondary N) is 2. The van der Waals surface area contributed by atoms with Crippen LogP contribution in [0.4, 0.5) is 11.5 Å². The van der Waals surface area contributed by atoms with Crippen molar-refractivity contribution in [2.24, 2.45) is 5.92 Å². The average molecular weight is 487 g/mol. The summed E-state index contributed by atoms with van der Waals surface area (Å²) < 4.78 is 1.09. The first kappa shape index (κ1) is 21.8. The third-order valence-electron chi connectivity index (χ3n) is 6.39. The van der Waals surface area contributed by atoms with Crippen LogP contribution in [0.15, 0.2) is 29.6 Å². The van der Waals surface area contributed by atoms with E-state index in [1.165, 1.54) is 11.1 Å². The van der Waals surface area contributed by atoms with Crippen molar-refractivity contribution in [2.45, 2.75) is 32.9 Å². The van der Waals surface area contributed by atoms with E-state index in [1.54, 1.807) is 11.3 Å². The first-order valence-electron chi connectivity index (χ1n) is 11.1. The van der Waals surface area contributed by atoms with Crippen molar-refractivity contribution in [2.75, 3.05) is 36.4 Å². The van der Waals surface area contributed by atoms with Gasteiger partial charge in [-0.05, 0) is 71.3 Å². The summed E-state index contributed by atoms with van der Waals surface area (Å²) in [6, 6.07) is 8.73. The average Bonchev–Trinajstić information content (AvgIpc) is 3.26. The first-order valence-corrected chi connectivity index (χ1v) is 12.7. The molecule has 4 heterocycles. The first-order chi connectivity index (χ1) is 15.5. The highest BCUT2D eigenvalue weighted by Crippen LogP contribution is 2.32. The molecule has 32 heavy (non-hydrogen) atoms. The summed E-state index contributed by atoms with van der Waals surface area (Å²) in [7, 11) is 0. The number of hydrogen-bond donors (Lipinski definition) is 2. The summed E-state index contributed by atoms with van der Waals surface area (Å²) in [4.78, 5) is 13.6.